The van der Waals surface area contributed by atoms with Crippen molar-refractivity contribution >= 4 is 23.2 Å². The van der Waals surface area contributed by atoms with Gasteiger partial charge in [-0.05, 0) is 57.0 Å². The van der Waals surface area contributed by atoms with Crippen LogP contribution in [0.25, 0.3) is 0 Å². The highest BCUT2D eigenvalue weighted by atomic mass is 19.1. The van der Waals surface area contributed by atoms with Crippen LogP contribution in [0.2, 0.25) is 0 Å². The molecule has 5 nitrogen and oxygen atoms in total. The molecule has 2 amide bonds. The SMILES string of the molecule is CC(C)NC(=O)c1ccccc1NC(=O)c1ccc(N2CCCC2)c(F)c1. The summed E-state index contributed by atoms with van der Waals surface area (Å²) in [5.74, 6) is -1.13. The zero-order chi connectivity index (χ0) is 19.4. The van der Waals surface area contributed by atoms with E-state index in [1.165, 1.54) is 6.07 Å². The molecule has 2 aromatic rings. The monoisotopic (exact) mass is 369 g/mol. The van der Waals surface area contributed by atoms with E-state index in [4.69, 9.17) is 0 Å². The number of hydrogen-bond donors (Lipinski definition) is 2. The Bertz CT molecular complexity index is 845. The Kier molecular flexibility index (Phi) is 5.74. The molecule has 6 heteroatoms. The molecule has 142 valence electrons. The maximum absolute atomic E-state index is 14.5. The van der Waals surface area contributed by atoms with Crippen LogP contribution in [0.3, 0.4) is 0 Å². The van der Waals surface area contributed by atoms with Crippen molar-refractivity contribution < 1.29 is 14.0 Å². The zero-order valence-electron chi connectivity index (χ0n) is 15.6. The summed E-state index contributed by atoms with van der Waals surface area (Å²) >= 11 is 0. The van der Waals surface area contributed by atoms with E-state index in [0.29, 0.717) is 16.9 Å². The van der Waals surface area contributed by atoms with Gasteiger partial charge in [-0.3, -0.25) is 9.59 Å². The van der Waals surface area contributed by atoms with E-state index < -0.39 is 11.7 Å². The number of carbonyl (C=O) groups is 2. The van der Waals surface area contributed by atoms with E-state index in [9.17, 15) is 14.0 Å². The summed E-state index contributed by atoms with van der Waals surface area (Å²) in [4.78, 5) is 26.9. The summed E-state index contributed by atoms with van der Waals surface area (Å²) < 4.78 is 14.5. The summed E-state index contributed by atoms with van der Waals surface area (Å²) in [6, 6.07) is 11.3. The minimum absolute atomic E-state index is 0.0199. The summed E-state index contributed by atoms with van der Waals surface area (Å²) in [7, 11) is 0. The number of rotatable bonds is 5. The van der Waals surface area contributed by atoms with Gasteiger partial charge in [0.1, 0.15) is 5.82 Å². The van der Waals surface area contributed by atoms with E-state index in [0.717, 1.165) is 25.9 Å². The van der Waals surface area contributed by atoms with Crippen LogP contribution in [-0.4, -0.2) is 30.9 Å². The smallest absolute Gasteiger partial charge is 0.255 e. The number of nitrogens with one attached hydrogen (secondary N) is 2. The largest absolute Gasteiger partial charge is 0.369 e. The Morgan fingerprint density at radius 1 is 1.04 bits per heavy atom. The number of nitrogens with zero attached hydrogens (tertiary/aromatic N) is 1. The highest BCUT2D eigenvalue weighted by Gasteiger charge is 2.19. The van der Waals surface area contributed by atoms with Crippen LogP contribution >= 0.6 is 0 Å². The lowest BCUT2D eigenvalue weighted by molar-refractivity contribution is 0.0944. The number of halogens is 1. The molecule has 1 saturated heterocycles. The fourth-order valence-electron chi connectivity index (χ4n) is 3.19. The lowest BCUT2D eigenvalue weighted by atomic mass is 10.1. The second kappa shape index (κ2) is 8.20. The number of carbonyl (C=O) groups excluding carboxylic acids is 2. The third kappa shape index (κ3) is 4.45. The standard InChI is InChI=1S/C21H24FN3O2/c1-14(2)23-21(27)16-7-3-4-8-18(16)24-20(26)15-9-10-19(17(22)13-15)25-11-5-6-12-25/h3-4,7-10,13-14H,5-6,11-12H2,1-2H3,(H,23,27)(H,24,26). The summed E-state index contributed by atoms with van der Waals surface area (Å²) in [6.45, 7) is 5.40. The van der Waals surface area contributed by atoms with Crippen LogP contribution < -0.4 is 15.5 Å². The van der Waals surface area contributed by atoms with Gasteiger partial charge in [0.2, 0.25) is 0 Å². The average Bonchev–Trinajstić information content (AvgIpc) is 3.15. The van der Waals surface area contributed by atoms with Gasteiger partial charge in [0.05, 0.1) is 16.9 Å². The molecule has 0 unspecified atom stereocenters. The van der Waals surface area contributed by atoms with Crippen molar-refractivity contribution in [1.82, 2.24) is 5.32 Å². The van der Waals surface area contributed by atoms with Crippen molar-refractivity contribution in [1.29, 1.82) is 0 Å². The topological polar surface area (TPSA) is 61.4 Å². The Labute approximate surface area is 158 Å². The third-order valence-corrected chi connectivity index (χ3v) is 4.50. The lowest BCUT2D eigenvalue weighted by Gasteiger charge is -2.19. The van der Waals surface area contributed by atoms with E-state index in [-0.39, 0.29) is 17.5 Å². The molecule has 0 bridgehead atoms. The van der Waals surface area contributed by atoms with Crippen molar-refractivity contribution in [3.8, 4) is 0 Å². The Morgan fingerprint density at radius 3 is 2.41 bits per heavy atom. The maximum Gasteiger partial charge on any atom is 0.255 e. The van der Waals surface area contributed by atoms with Gasteiger partial charge in [0.25, 0.3) is 11.8 Å². The molecule has 0 aliphatic carbocycles. The minimum Gasteiger partial charge on any atom is -0.369 e. The number of anilines is 2. The summed E-state index contributed by atoms with van der Waals surface area (Å²) in [5.41, 5.74) is 1.51. The number of benzene rings is 2. The number of amides is 2. The van der Waals surface area contributed by atoms with Gasteiger partial charge in [-0.25, -0.2) is 4.39 Å². The second-order valence-corrected chi connectivity index (χ2v) is 6.99. The van der Waals surface area contributed by atoms with Crippen LogP contribution in [0.1, 0.15) is 47.4 Å². The van der Waals surface area contributed by atoms with E-state index >= 15 is 0 Å². The van der Waals surface area contributed by atoms with Crippen LogP contribution in [0.4, 0.5) is 15.8 Å². The van der Waals surface area contributed by atoms with Crippen LogP contribution in [0.5, 0.6) is 0 Å². The van der Waals surface area contributed by atoms with E-state index in [1.54, 1.807) is 36.4 Å². The van der Waals surface area contributed by atoms with Crippen molar-refractivity contribution in [2.45, 2.75) is 32.7 Å². The normalized spacial score (nSPS) is 13.7. The minimum atomic E-state index is -0.452. The predicted octanol–water partition coefficient (Wildman–Crippen LogP) is 3.82. The first kappa shape index (κ1) is 18.9. The fraction of sp³-hybridized carbons (Fsp3) is 0.333. The maximum atomic E-state index is 14.5. The molecule has 1 fully saturated rings. The Hall–Kier alpha value is -2.89. The van der Waals surface area contributed by atoms with Crippen LogP contribution in [0, 0.1) is 5.82 Å². The Balaban J connectivity index is 1.78. The van der Waals surface area contributed by atoms with Gasteiger partial charge in [0.15, 0.2) is 0 Å². The van der Waals surface area contributed by atoms with E-state index in [2.05, 4.69) is 10.6 Å². The first-order valence-corrected chi connectivity index (χ1v) is 9.21. The molecule has 1 heterocycles. The van der Waals surface area contributed by atoms with Gasteiger partial charge in [0, 0.05) is 24.7 Å². The molecule has 27 heavy (non-hydrogen) atoms. The van der Waals surface area contributed by atoms with Gasteiger partial charge in [-0.2, -0.15) is 0 Å². The van der Waals surface area contributed by atoms with Gasteiger partial charge >= 0.3 is 0 Å². The Morgan fingerprint density at radius 2 is 1.74 bits per heavy atom. The molecule has 1 aliphatic heterocycles. The molecule has 3 rings (SSSR count). The van der Waals surface area contributed by atoms with Gasteiger partial charge in [-0.15, -0.1) is 0 Å². The molecular formula is C21H24FN3O2. The lowest BCUT2D eigenvalue weighted by Crippen LogP contribution is -2.31. The molecule has 0 radical (unpaired) electrons. The predicted molar refractivity (Wildman–Crippen MR) is 105 cm³/mol. The van der Waals surface area contributed by atoms with Crippen molar-refractivity contribution in [2.75, 3.05) is 23.3 Å². The first-order chi connectivity index (χ1) is 13.0. The van der Waals surface area contributed by atoms with Crippen LogP contribution in [-0.2, 0) is 0 Å². The first-order valence-electron chi connectivity index (χ1n) is 9.21. The quantitative estimate of drug-likeness (QED) is 0.842. The number of para-hydroxylation sites is 1. The molecule has 0 aromatic heterocycles. The highest BCUT2D eigenvalue weighted by molar-refractivity contribution is 6.09. The molecule has 0 saturated carbocycles. The highest BCUT2D eigenvalue weighted by Crippen LogP contribution is 2.25. The molecule has 2 aromatic carbocycles. The van der Waals surface area contributed by atoms with Crippen molar-refractivity contribution in [3.05, 3.63) is 59.4 Å². The molecule has 2 N–H and O–H groups in total. The van der Waals surface area contributed by atoms with Crippen LogP contribution in [0.15, 0.2) is 42.5 Å². The molecular weight excluding hydrogens is 345 g/mol. The van der Waals surface area contributed by atoms with Crippen molar-refractivity contribution in [2.24, 2.45) is 0 Å². The third-order valence-electron chi connectivity index (χ3n) is 4.50. The van der Waals surface area contributed by atoms with Gasteiger partial charge in [-0.1, -0.05) is 12.1 Å². The van der Waals surface area contributed by atoms with Crippen molar-refractivity contribution in [3.63, 3.8) is 0 Å². The van der Waals surface area contributed by atoms with Gasteiger partial charge < -0.3 is 15.5 Å². The second-order valence-electron chi connectivity index (χ2n) is 6.99. The fourth-order valence-corrected chi connectivity index (χ4v) is 3.19. The zero-order valence-corrected chi connectivity index (χ0v) is 15.6. The summed E-state index contributed by atoms with van der Waals surface area (Å²) in [6.07, 6.45) is 2.10. The molecule has 0 atom stereocenters. The summed E-state index contributed by atoms with van der Waals surface area (Å²) in [5, 5.41) is 5.52. The number of hydrogen-bond acceptors (Lipinski definition) is 3. The molecule has 1 aliphatic rings. The molecule has 0 spiro atoms. The van der Waals surface area contributed by atoms with E-state index in [1.807, 2.05) is 18.7 Å². The average molecular weight is 369 g/mol.